The first kappa shape index (κ1) is 18.3. The quantitative estimate of drug-likeness (QED) is 0.413. The molecule has 7 heteroatoms. The van der Waals surface area contributed by atoms with Crippen LogP contribution in [0.2, 0.25) is 4.34 Å². The number of nitrogens with zero attached hydrogens (tertiary/aromatic N) is 2. The highest BCUT2D eigenvalue weighted by molar-refractivity contribution is 14.0. The molecule has 0 bridgehead atoms. The van der Waals surface area contributed by atoms with E-state index in [1.54, 1.807) is 18.4 Å². The molecule has 0 unspecified atom stereocenters. The highest BCUT2D eigenvalue weighted by Crippen LogP contribution is 2.21. The maximum Gasteiger partial charge on any atom is 0.191 e. The van der Waals surface area contributed by atoms with E-state index in [9.17, 15) is 0 Å². The zero-order valence-corrected chi connectivity index (χ0v) is 15.8. The lowest BCUT2D eigenvalue weighted by Crippen LogP contribution is -2.39. The number of guanidine groups is 1. The molecule has 0 aliphatic carbocycles. The molecule has 4 nitrogen and oxygen atoms in total. The molecule has 0 aliphatic rings. The van der Waals surface area contributed by atoms with Gasteiger partial charge in [-0.3, -0.25) is 4.99 Å². The van der Waals surface area contributed by atoms with Crippen LogP contribution in [0.5, 0.6) is 0 Å². The van der Waals surface area contributed by atoms with Crippen LogP contribution in [0.15, 0.2) is 41.7 Å². The van der Waals surface area contributed by atoms with Crippen LogP contribution in [0.25, 0.3) is 0 Å². The molecular weight excluding hydrogens is 419 g/mol. The Morgan fingerprint density at radius 1 is 1.24 bits per heavy atom. The molecule has 0 aliphatic heterocycles. The van der Waals surface area contributed by atoms with Gasteiger partial charge in [-0.15, -0.1) is 35.3 Å². The highest BCUT2D eigenvalue weighted by Gasteiger charge is 2.00. The minimum Gasteiger partial charge on any atom is -0.356 e. The second-order valence-electron chi connectivity index (χ2n) is 4.30. The van der Waals surface area contributed by atoms with Gasteiger partial charge < -0.3 is 15.2 Å². The molecule has 0 radical (unpaired) electrons. The molecule has 116 valence electrons. The first-order chi connectivity index (χ1) is 9.78. The van der Waals surface area contributed by atoms with Gasteiger partial charge in [0.1, 0.15) is 0 Å². The Labute approximate surface area is 151 Å². The van der Waals surface area contributed by atoms with E-state index in [2.05, 4.69) is 38.7 Å². The Bertz CT molecular complexity index is 539. The van der Waals surface area contributed by atoms with E-state index in [0.29, 0.717) is 0 Å². The summed E-state index contributed by atoms with van der Waals surface area (Å²) in [5, 5.41) is 6.60. The lowest BCUT2D eigenvalue weighted by atomic mass is 10.3. The average molecular weight is 439 g/mol. The van der Waals surface area contributed by atoms with Crippen molar-refractivity contribution in [2.24, 2.45) is 4.99 Å². The molecule has 0 aromatic carbocycles. The second-order valence-corrected chi connectivity index (χ2v) is 6.10. The normalized spacial score (nSPS) is 11.0. The third-order valence-electron chi connectivity index (χ3n) is 2.84. The van der Waals surface area contributed by atoms with Crippen LogP contribution >= 0.6 is 46.9 Å². The molecular formula is C14H20ClIN4S. The van der Waals surface area contributed by atoms with Crippen molar-refractivity contribution in [2.75, 3.05) is 20.1 Å². The standard InChI is InChI=1S/C14H19ClN4S.HI/c1-16-14(18-8-11-19-9-2-3-10-19)17-7-6-12-4-5-13(15)20-12;/h2-5,9-10H,6-8,11H2,1H3,(H2,16,17,18);1H. The number of rotatable bonds is 6. The predicted octanol–water partition coefficient (Wildman–Crippen LogP) is 3.23. The molecule has 2 rings (SSSR count). The van der Waals surface area contributed by atoms with Gasteiger partial charge in [0.25, 0.3) is 0 Å². The van der Waals surface area contributed by atoms with Crippen molar-refractivity contribution in [3.8, 4) is 0 Å². The van der Waals surface area contributed by atoms with Crippen LogP contribution in [0.3, 0.4) is 0 Å². The van der Waals surface area contributed by atoms with Gasteiger partial charge in [-0.2, -0.15) is 0 Å². The van der Waals surface area contributed by atoms with Gasteiger partial charge in [0.15, 0.2) is 5.96 Å². The molecule has 0 atom stereocenters. The zero-order chi connectivity index (χ0) is 14.2. The maximum atomic E-state index is 5.91. The minimum atomic E-state index is 0. The van der Waals surface area contributed by atoms with E-state index in [4.69, 9.17) is 11.6 Å². The Morgan fingerprint density at radius 3 is 2.57 bits per heavy atom. The predicted molar refractivity (Wildman–Crippen MR) is 102 cm³/mol. The van der Waals surface area contributed by atoms with Gasteiger partial charge in [-0.05, 0) is 30.7 Å². The molecule has 2 aromatic rings. The summed E-state index contributed by atoms with van der Waals surface area (Å²) in [5.41, 5.74) is 0. The van der Waals surface area contributed by atoms with Crippen molar-refractivity contribution in [2.45, 2.75) is 13.0 Å². The van der Waals surface area contributed by atoms with Crippen molar-refractivity contribution >= 4 is 52.9 Å². The summed E-state index contributed by atoms with van der Waals surface area (Å²) in [6.07, 6.45) is 5.06. The summed E-state index contributed by atoms with van der Waals surface area (Å²) in [4.78, 5) is 5.49. The molecule has 21 heavy (non-hydrogen) atoms. The molecule has 2 heterocycles. The van der Waals surface area contributed by atoms with Crippen LogP contribution in [-0.2, 0) is 13.0 Å². The van der Waals surface area contributed by atoms with E-state index < -0.39 is 0 Å². The lowest BCUT2D eigenvalue weighted by molar-refractivity contribution is 0.665. The number of aliphatic imine (C=N–C) groups is 1. The zero-order valence-electron chi connectivity index (χ0n) is 11.9. The van der Waals surface area contributed by atoms with Gasteiger partial charge in [0.2, 0.25) is 0 Å². The van der Waals surface area contributed by atoms with Gasteiger partial charge in [-0.1, -0.05) is 11.6 Å². The number of hydrogen-bond acceptors (Lipinski definition) is 2. The van der Waals surface area contributed by atoms with Crippen LogP contribution < -0.4 is 10.6 Å². The van der Waals surface area contributed by atoms with Crippen LogP contribution in [0, 0.1) is 0 Å². The monoisotopic (exact) mass is 438 g/mol. The molecule has 0 saturated heterocycles. The molecule has 2 N–H and O–H groups in total. The summed E-state index contributed by atoms with van der Waals surface area (Å²) in [7, 11) is 1.78. The third-order valence-corrected chi connectivity index (χ3v) is 4.14. The van der Waals surface area contributed by atoms with E-state index in [1.807, 2.05) is 18.2 Å². The van der Waals surface area contributed by atoms with E-state index in [1.165, 1.54) is 4.88 Å². The number of hydrogen-bond donors (Lipinski definition) is 2. The maximum absolute atomic E-state index is 5.91. The van der Waals surface area contributed by atoms with Crippen LogP contribution in [-0.4, -0.2) is 30.7 Å². The minimum absolute atomic E-state index is 0. The van der Waals surface area contributed by atoms with Gasteiger partial charge in [-0.25, -0.2) is 0 Å². The van der Waals surface area contributed by atoms with E-state index in [-0.39, 0.29) is 24.0 Å². The summed E-state index contributed by atoms with van der Waals surface area (Å²) < 4.78 is 2.97. The van der Waals surface area contributed by atoms with Crippen molar-refractivity contribution in [3.05, 3.63) is 45.9 Å². The summed E-state index contributed by atoms with van der Waals surface area (Å²) in [6.45, 7) is 2.62. The second kappa shape index (κ2) is 10.1. The fourth-order valence-electron chi connectivity index (χ4n) is 1.83. The van der Waals surface area contributed by atoms with Gasteiger partial charge >= 0.3 is 0 Å². The topological polar surface area (TPSA) is 41.4 Å². The van der Waals surface area contributed by atoms with E-state index >= 15 is 0 Å². The number of aromatic nitrogens is 1. The van der Waals surface area contributed by atoms with Gasteiger partial charge in [0, 0.05) is 44.0 Å². The van der Waals surface area contributed by atoms with Crippen LogP contribution in [0.1, 0.15) is 4.88 Å². The fourth-order valence-corrected chi connectivity index (χ4v) is 2.92. The van der Waals surface area contributed by atoms with Gasteiger partial charge in [0.05, 0.1) is 4.34 Å². The molecule has 0 fully saturated rings. The average Bonchev–Trinajstić information content (AvgIpc) is 3.09. The van der Waals surface area contributed by atoms with Crippen molar-refractivity contribution in [3.63, 3.8) is 0 Å². The SMILES string of the molecule is CN=C(NCCc1ccc(Cl)s1)NCCn1cccc1.I. The Balaban J connectivity index is 0.00000220. The highest BCUT2D eigenvalue weighted by atomic mass is 127. The Hall–Kier alpha value is -0.730. The summed E-state index contributed by atoms with van der Waals surface area (Å²) in [6, 6.07) is 8.06. The molecule has 0 saturated carbocycles. The first-order valence-electron chi connectivity index (χ1n) is 6.57. The molecule has 0 spiro atoms. The third kappa shape index (κ3) is 6.71. The smallest absolute Gasteiger partial charge is 0.191 e. The van der Waals surface area contributed by atoms with Crippen molar-refractivity contribution in [1.29, 1.82) is 0 Å². The van der Waals surface area contributed by atoms with Crippen LogP contribution in [0.4, 0.5) is 0 Å². The first-order valence-corrected chi connectivity index (χ1v) is 7.77. The van der Waals surface area contributed by atoms with Crippen molar-refractivity contribution in [1.82, 2.24) is 15.2 Å². The number of nitrogens with one attached hydrogen (secondary N) is 2. The largest absolute Gasteiger partial charge is 0.356 e. The Kier molecular flexibility index (Phi) is 8.79. The lowest BCUT2D eigenvalue weighted by Gasteiger charge is -2.11. The number of halogens is 2. The molecule has 0 amide bonds. The molecule has 2 aromatic heterocycles. The summed E-state index contributed by atoms with van der Waals surface area (Å²) in [5.74, 6) is 0.833. The Morgan fingerprint density at radius 2 is 1.95 bits per heavy atom. The summed E-state index contributed by atoms with van der Waals surface area (Å²) >= 11 is 7.53. The van der Waals surface area contributed by atoms with E-state index in [0.717, 1.165) is 36.4 Å². The van der Waals surface area contributed by atoms with Crippen molar-refractivity contribution < 1.29 is 0 Å². The fraction of sp³-hybridized carbons (Fsp3) is 0.357. The number of thiophene rings is 1.